The lowest BCUT2D eigenvalue weighted by Gasteiger charge is -2.25. The Labute approximate surface area is 109 Å². The zero-order chi connectivity index (χ0) is 13.9. The second-order valence-electron chi connectivity index (χ2n) is 4.64. The molecule has 8 heteroatoms. The number of nitrogens with one attached hydrogen (secondary N) is 1. The molecule has 0 aliphatic rings. The number of rotatable bonds is 5. The van der Waals surface area contributed by atoms with E-state index in [0.29, 0.717) is 12.5 Å². The van der Waals surface area contributed by atoms with Crippen LogP contribution < -0.4 is 5.32 Å². The van der Waals surface area contributed by atoms with Gasteiger partial charge in [-0.25, -0.2) is 9.97 Å². The smallest absolute Gasteiger partial charge is 0.305 e. The van der Waals surface area contributed by atoms with Crippen molar-refractivity contribution in [3.63, 3.8) is 0 Å². The maximum atomic E-state index is 10.5. The first-order valence-electron chi connectivity index (χ1n) is 5.69. The van der Waals surface area contributed by atoms with E-state index in [-0.39, 0.29) is 11.2 Å². The molecule has 0 aliphatic heterocycles. The normalized spacial score (nSPS) is 11.3. The van der Waals surface area contributed by atoms with Crippen molar-refractivity contribution in [1.82, 2.24) is 19.7 Å². The van der Waals surface area contributed by atoms with Gasteiger partial charge >= 0.3 is 5.69 Å². The Morgan fingerprint density at radius 1 is 1.42 bits per heavy atom. The largest absolute Gasteiger partial charge is 0.352 e. The average Bonchev–Trinajstić information content (AvgIpc) is 2.91. The van der Waals surface area contributed by atoms with Crippen LogP contribution in [-0.4, -0.2) is 31.2 Å². The zero-order valence-corrected chi connectivity index (χ0v) is 10.6. The number of nitrogens with zero attached hydrogens (tertiary/aromatic N) is 5. The zero-order valence-electron chi connectivity index (χ0n) is 10.6. The summed E-state index contributed by atoms with van der Waals surface area (Å²) in [6.07, 6.45) is 5.94. The van der Waals surface area contributed by atoms with E-state index in [1.54, 1.807) is 6.20 Å². The summed E-state index contributed by atoms with van der Waals surface area (Å²) in [4.78, 5) is 17.7. The van der Waals surface area contributed by atoms with Gasteiger partial charge in [0, 0.05) is 18.9 Å². The predicted octanol–water partition coefficient (Wildman–Crippen LogP) is 1.43. The molecule has 2 aromatic heterocycles. The highest BCUT2D eigenvalue weighted by molar-refractivity contribution is 5.30. The molecule has 2 aromatic rings. The van der Waals surface area contributed by atoms with Gasteiger partial charge in [-0.3, -0.25) is 14.8 Å². The minimum atomic E-state index is -0.530. The summed E-state index contributed by atoms with van der Waals surface area (Å²) < 4.78 is 1.82. The predicted molar refractivity (Wildman–Crippen MR) is 68.7 cm³/mol. The summed E-state index contributed by atoms with van der Waals surface area (Å²) in [6, 6.07) is 1.85. The van der Waals surface area contributed by atoms with Crippen LogP contribution in [0.15, 0.2) is 30.9 Å². The van der Waals surface area contributed by atoms with E-state index in [1.807, 2.05) is 30.8 Å². The van der Waals surface area contributed by atoms with E-state index in [9.17, 15) is 10.1 Å². The second-order valence-corrected chi connectivity index (χ2v) is 4.64. The molecule has 19 heavy (non-hydrogen) atoms. The minimum Gasteiger partial charge on any atom is -0.352 e. The first-order valence-corrected chi connectivity index (χ1v) is 5.69. The molecule has 2 heterocycles. The quantitative estimate of drug-likeness (QED) is 0.646. The van der Waals surface area contributed by atoms with Crippen LogP contribution in [0.4, 0.5) is 11.6 Å². The Bertz CT molecular complexity index is 549. The van der Waals surface area contributed by atoms with Gasteiger partial charge in [0.1, 0.15) is 12.4 Å². The van der Waals surface area contributed by atoms with Crippen LogP contribution in [0.1, 0.15) is 13.8 Å². The molecule has 2 rings (SSSR count). The van der Waals surface area contributed by atoms with Gasteiger partial charge in [-0.05, 0) is 19.9 Å². The molecular formula is C11H14N6O2. The van der Waals surface area contributed by atoms with Crippen LogP contribution in [0.2, 0.25) is 0 Å². The summed E-state index contributed by atoms with van der Waals surface area (Å²) in [5.41, 5.74) is -0.383. The molecule has 8 nitrogen and oxygen atoms in total. The molecule has 0 radical (unpaired) electrons. The molecule has 0 fully saturated rings. The summed E-state index contributed by atoms with van der Waals surface area (Å²) in [7, 11) is 0. The van der Waals surface area contributed by atoms with Crippen LogP contribution in [0.5, 0.6) is 0 Å². The number of hydrogen-bond acceptors (Lipinski definition) is 6. The highest BCUT2D eigenvalue weighted by Crippen LogP contribution is 2.14. The van der Waals surface area contributed by atoms with Gasteiger partial charge in [0.15, 0.2) is 0 Å². The van der Waals surface area contributed by atoms with Gasteiger partial charge in [-0.1, -0.05) is 0 Å². The third kappa shape index (κ3) is 3.03. The van der Waals surface area contributed by atoms with Crippen LogP contribution in [0.25, 0.3) is 0 Å². The van der Waals surface area contributed by atoms with Crippen molar-refractivity contribution < 1.29 is 4.92 Å². The standard InChI is InChI=1S/C11H14N6O2/c1-11(2,16-5-3-4-15-16)8-14-10-12-6-9(7-13-10)17(18)19/h3-7H,8H2,1-2H3,(H,12,13,14). The fourth-order valence-electron chi connectivity index (χ4n) is 1.51. The molecule has 0 amide bonds. The second kappa shape index (κ2) is 5.01. The van der Waals surface area contributed by atoms with Crippen LogP contribution in [-0.2, 0) is 5.54 Å². The van der Waals surface area contributed by atoms with Gasteiger partial charge in [0.2, 0.25) is 5.95 Å². The molecule has 0 atom stereocenters. The highest BCUT2D eigenvalue weighted by atomic mass is 16.6. The first-order chi connectivity index (χ1) is 8.99. The molecule has 0 unspecified atom stereocenters. The molecule has 0 aromatic carbocycles. The summed E-state index contributed by atoms with van der Waals surface area (Å²) >= 11 is 0. The van der Waals surface area contributed by atoms with Crippen molar-refractivity contribution in [3.8, 4) is 0 Å². The molecule has 1 N–H and O–H groups in total. The number of hydrogen-bond donors (Lipinski definition) is 1. The molecule has 0 saturated heterocycles. The van der Waals surface area contributed by atoms with E-state index in [2.05, 4.69) is 20.4 Å². The maximum absolute atomic E-state index is 10.5. The monoisotopic (exact) mass is 262 g/mol. The van der Waals surface area contributed by atoms with Crippen molar-refractivity contribution >= 4 is 11.6 Å². The number of anilines is 1. The SMILES string of the molecule is CC(C)(CNc1ncc([N+](=O)[O-])cn1)n1cccn1. The molecule has 0 bridgehead atoms. The van der Waals surface area contributed by atoms with Crippen LogP contribution in [0.3, 0.4) is 0 Å². The van der Waals surface area contributed by atoms with Gasteiger partial charge in [-0.15, -0.1) is 0 Å². The highest BCUT2D eigenvalue weighted by Gasteiger charge is 2.20. The van der Waals surface area contributed by atoms with Gasteiger partial charge in [0.05, 0.1) is 10.5 Å². The molecule has 0 spiro atoms. The molecular weight excluding hydrogens is 248 g/mol. The third-order valence-electron chi connectivity index (χ3n) is 2.65. The average molecular weight is 262 g/mol. The van der Waals surface area contributed by atoms with Crippen LogP contribution >= 0.6 is 0 Å². The first kappa shape index (κ1) is 12.9. The van der Waals surface area contributed by atoms with E-state index < -0.39 is 4.92 Å². The van der Waals surface area contributed by atoms with Crippen molar-refractivity contribution in [3.05, 3.63) is 41.0 Å². The van der Waals surface area contributed by atoms with Crippen LogP contribution in [0, 0.1) is 10.1 Å². The lowest BCUT2D eigenvalue weighted by Crippen LogP contribution is -2.35. The lowest BCUT2D eigenvalue weighted by atomic mass is 10.1. The topological polar surface area (TPSA) is 98.8 Å². The lowest BCUT2D eigenvalue weighted by molar-refractivity contribution is -0.385. The number of nitro groups is 1. The van der Waals surface area contributed by atoms with Crippen molar-refractivity contribution in [2.24, 2.45) is 0 Å². The Kier molecular flexibility index (Phi) is 3.41. The third-order valence-corrected chi connectivity index (χ3v) is 2.65. The summed E-state index contributed by atoms with van der Waals surface area (Å²) in [5, 5.41) is 17.7. The molecule has 0 aliphatic carbocycles. The number of aromatic nitrogens is 4. The van der Waals surface area contributed by atoms with E-state index in [1.165, 1.54) is 12.4 Å². The van der Waals surface area contributed by atoms with E-state index in [4.69, 9.17) is 0 Å². The Morgan fingerprint density at radius 2 is 2.11 bits per heavy atom. The summed E-state index contributed by atoms with van der Waals surface area (Å²) in [5.74, 6) is 0.353. The minimum absolute atomic E-state index is 0.128. The Morgan fingerprint density at radius 3 is 2.63 bits per heavy atom. The fraction of sp³-hybridized carbons (Fsp3) is 0.364. The fourth-order valence-corrected chi connectivity index (χ4v) is 1.51. The van der Waals surface area contributed by atoms with Crippen molar-refractivity contribution in [2.75, 3.05) is 11.9 Å². The maximum Gasteiger partial charge on any atom is 0.305 e. The van der Waals surface area contributed by atoms with E-state index >= 15 is 0 Å². The van der Waals surface area contributed by atoms with E-state index in [0.717, 1.165) is 0 Å². The summed E-state index contributed by atoms with van der Waals surface area (Å²) in [6.45, 7) is 4.57. The Balaban J connectivity index is 2.00. The van der Waals surface area contributed by atoms with Crippen molar-refractivity contribution in [2.45, 2.75) is 19.4 Å². The van der Waals surface area contributed by atoms with Crippen molar-refractivity contribution in [1.29, 1.82) is 0 Å². The van der Waals surface area contributed by atoms with Gasteiger partial charge in [-0.2, -0.15) is 5.10 Å². The molecule has 0 saturated carbocycles. The van der Waals surface area contributed by atoms with Gasteiger partial charge in [0.25, 0.3) is 0 Å². The molecule has 100 valence electrons. The van der Waals surface area contributed by atoms with Gasteiger partial charge < -0.3 is 5.32 Å². The Hall–Kier alpha value is -2.51.